The van der Waals surface area contributed by atoms with Crippen LogP contribution in [0.4, 0.5) is 0 Å². The molecule has 0 unspecified atom stereocenters. The van der Waals surface area contributed by atoms with Gasteiger partial charge < -0.3 is 4.74 Å². The highest BCUT2D eigenvalue weighted by Crippen LogP contribution is 2.32. The SMILES string of the molecule is C=CC(=O)OCc1ccc(Sc2ccc(Sc3ccccc3)cc2)cc1. The van der Waals surface area contributed by atoms with E-state index in [1.54, 1.807) is 23.5 Å². The molecule has 0 fully saturated rings. The highest BCUT2D eigenvalue weighted by Gasteiger charge is 2.02. The first-order chi connectivity index (χ1) is 12.7. The van der Waals surface area contributed by atoms with E-state index in [0.29, 0.717) is 0 Å². The number of carbonyl (C=O) groups excluding carboxylic acids is 1. The van der Waals surface area contributed by atoms with Gasteiger partial charge in [0.05, 0.1) is 0 Å². The van der Waals surface area contributed by atoms with Gasteiger partial charge in [-0.25, -0.2) is 4.79 Å². The lowest BCUT2D eigenvalue weighted by molar-refractivity contribution is -0.138. The van der Waals surface area contributed by atoms with Crippen LogP contribution in [-0.2, 0) is 16.1 Å². The maximum Gasteiger partial charge on any atom is 0.330 e. The van der Waals surface area contributed by atoms with Gasteiger partial charge in [-0.3, -0.25) is 0 Å². The molecule has 0 radical (unpaired) electrons. The standard InChI is InChI=1S/C22H18O2S2/c1-2-22(23)24-16-17-8-10-19(11-9-17)26-21-14-12-20(13-15-21)25-18-6-4-3-5-7-18/h2-15H,1,16H2. The maximum absolute atomic E-state index is 11.1. The molecule has 0 N–H and O–H groups in total. The fourth-order valence-corrected chi connectivity index (χ4v) is 3.86. The molecule has 130 valence electrons. The average Bonchev–Trinajstić information content (AvgIpc) is 2.69. The third kappa shape index (κ3) is 5.55. The van der Waals surface area contributed by atoms with Crippen LogP contribution in [0.15, 0.2) is 111 Å². The Morgan fingerprint density at radius 2 is 1.23 bits per heavy atom. The molecular weight excluding hydrogens is 360 g/mol. The molecule has 0 saturated heterocycles. The molecule has 3 rings (SSSR count). The first kappa shape index (κ1) is 18.4. The number of esters is 1. The average molecular weight is 379 g/mol. The predicted molar refractivity (Wildman–Crippen MR) is 108 cm³/mol. The van der Waals surface area contributed by atoms with Gasteiger partial charge in [0.25, 0.3) is 0 Å². The second kappa shape index (κ2) is 9.32. The quantitative estimate of drug-likeness (QED) is 0.360. The van der Waals surface area contributed by atoms with E-state index in [9.17, 15) is 4.79 Å². The van der Waals surface area contributed by atoms with Crippen LogP contribution in [-0.4, -0.2) is 5.97 Å². The highest BCUT2D eigenvalue weighted by molar-refractivity contribution is 7.99. The minimum Gasteiger partial charge on any atom is -0.458 e. The Labute approximate surface area is 162 Å². The summed E-state index contributed by atoms with van der Waals surface area (Å²) in [5.41, 5.74) is 0.958. The lowest BCUT2D eigenvalue weighted by Gasteiger charge is -2.06. The lowest BCUT2D eigenvalue weighted by Crippen LogP contribution is -1.99. The van der Waals surface area contributed by atoms with Gasteiger partial charge >= 0.3 is 5.97 Å². The highest BCUT2D eigenvalue weighted by atomic mass is 32.2. The number of carbonyl (C=O) groups is 1. The number of hydrogen-bond acceptors (Lipinski definition) is 4. The van der Waals surface area contributed by atoms with Crippen molar-refractivity contribution < 1.29 is 9.53 Å². The molecule has 3 aromatic carbocycles. The molecule has 0 bridgehead atoms. The van der Waals surface area contributed by atoms with Crippen molar-refractivity contribution in [2.24, 2.45) is 0 Å². The summed E-state index contributed by atoms with van der Waals surface area (Å²) >= 11 is 3.46. The van der Waals surface area contributed by atoms with E-state index in [2.05, 4.69) is 55.1 Å². The monoisotopic (exact) mass is 378 g/mol. The Morgan fingerprint density at radius 1 is 0.769 bits per heavy atom. The van der Waals surface area contributed by atoms with Crippen LogP contribution < -0.4 is 0 Å². The molecule has 0 aliphatic heterocycles. The maximum atomic E-state index is 11.1. The summed E-state index contributed by atoms with van der Waals surface area (Å²) in [7, 11) is 0. The van der Waals surface area contributed by atoms with Gasteiger partial charge in [-0.05, 0) is 54.1 Å². The van der Waals surface area contributed by atoms with Crippen LogP contribution in [0.25, 0.3) is 0 Å². The minimum absolute atomic E-state index is 0.265. The Balaban J connectivity index is 1.57. The number of benzene rings is 3. The second-order valence-electron chi connectivity index (χ2n) is 5.44. The van der Waals surface area contributed by atoms with Crippen LogP contribution in [0.2, 0.25) is 0 Å². The summed E-state index contributed by atoms with van der Waals surface area (Å²) in [6.07, 6.45) is 1.17. The van der Waals surface area contributed by atoms with Crippen molar-refractivity contribution in [1.82, 2.24) is 0 Å². The van der Waals surface area contributed by atoms with Crippen molar-refractivity contribution in [2.75, 3.05) is 0 Å². The number of rotatable bonds is 7. The normalized spacial score (nSPS) is 10.3. The van der Waals surface area contributed by atoms with Gasteiger partial charge in [0, 0.05) is 25.7 Å². The van der Waals surface area contributed by atoms with Gasteiger partial charge in [0.1, 0.15) is 6.61 Å². The molecule has 0 atom stereocenters. The Hall–Kier alpha value is -2.43. The van der Waals surface area contributed by atoms with Gasteiger partial charge in [-0.2, -0.15) is 0 Å². The van der Waals surface area contributed by atoms with Gasteiger partial charge in [-0.15, -0.1) is 0 Å². The van der Waals surface area contributed by atoms with Gasteiger partial charge in [0.2, 0.25) is 0 Å². The molecule has 26 heavy (non-hydrogen) atoms. The van der Waals surface area contributed by atoms with Crippen molar-refractivity contribution in [2.45, 2.75) is 26.2 Å². The van der Waals surface area contributed by atoms with Crippen molar-refractivity contribution >= 4 is 29.5 Å². The summed E-state index contributed by atoms with van der Waals surface area (Å²) in [6.45, 7) is 3.65. The molecule has 2 nitrogen and oxygen atoms in total. The Bertz CT molecular complexity index is 857. The smallest absolute Gasteiger partial charge is 0.330 e. The molecule has 0 spiro atoms. The minimum atomic E-state index is -0.406. The first-order valence-corrected chi connectivity index (χ1v) is 9.75. The zero-order valence-electron chi connectivity index (χ0n) is 14.1. The molecule has 3 aromatic rings. The van der Waals surface area contributed by atoms with E-state index >= 15 is 0 Å². The van der Waals surface area contributed by atoms with Gasteiger partial charge in [-0.1, -0.05) is 60.4 Å². The summed E-state index contributed by atoms with van der Waals surface area (Å²) in [5, 5.41) is 0. The zero-order valence-corrected chi connectivity index (χ0v) is 15.8. The molecule has 0 aromatic heterocycles. The predicted octanol–water partition coefficient (Wildman–Crippen LogP) is 6.22. The van der Waals surface area contributed by atoms with Crippen molar-refractivity contribution in [1.29, 1.82) is 0 Å². The largest absolute Gasteiger partial charge is 0.458 e. The Morgan fingerprint density at radius 3 is 1.73 bits per heavy atom. The molecule has 0 amide bonds. The second-order valence-corrected chi connectivity index (χ2v) is 7.74. The summed E-state index contributed by atoms with van der Waals surface area (Å²) in [5.74, 6) is -0.406. The number of ether oxygens (including phenoxy) is 1. The summed E-state index contributed by atoms with van der Waals surface area (Å²) in [6, 6.07) is 26.9. The number of hydrogen-bond donors (Lipinski definition) is 0. The van der Waals surface area contributed by atoms with Crippen LogP contribution in [0.1, 0.15) is 5.56 Å². The summed E-state index contributed by atoms with van der Waals surface area (Å²) < 4.78 is 5.03. The van der Waals surface area contributed by atoms with Crippen molar-refractivity contribution in [3.8, 4) is 0 Å². The first-order valence-electron chi connectivity index (χ1n) is 8.12. The third-order valence-electron chi connectivity index (χ3n) is 3.51. The van der Waals surface area contributed by atoms with E-state index in [-0.39, 0.29) is 6.61 Å². The molecule has 0 saturated carbocycles. The van der Waals surface area contributed by atoms with Crippen LogP contribution >= 0.6 is 23.5 Å². The van der Waals surface area contributed by atoms with E-state index in [1.807, 2.05) is 30.3 Å². The summed E-state index contributed by atoms with van der Waals surface area (Å²) in [4.78, 5) is 15.9. The van der Waals surface area contributed by atoms with Crippen molar-refractivity contribution in [3.05, 3.63) is 97.1 Å². The van der Waals surface area contributed by atoms with Crippen molar-refractivity contribution in [3.63, 3.8) is 0 Å². The van der Waals surface area contributed by atoms with E-state index in [4.69, 9.17) is 4.74 Å². The fraction of sp³-hybridized carbons (Fsp3) is 0.0455. The zero-order chi connectivity index (χ0) is 18.2. The van der Waals surface area contributed by atoms with Crippen LogP contribution in [0.5, 0.6) is 0 Å². The molecular formula is C22H18O2S2. The molecule has 0 heterocycles. The topological polar surface area (TPSA) is 26.3 Å². The van der Waals surface area contributed by atoms with E-state index in [1.165, 1.54) is 20.8 Å². The van der Waals surface area contributed by atoms with E-state index < -0.39 is 5.97 Å². The molecule has 4 heteroatoms. The molecule has 0 aliphatic rings. The molecule has 0 aliphatic carbocycles. The van der Waals surface area contributed by atoms with E-state index in [0.717, 1.165) is 10.5 Å². The van der Waals surface area contributed by atoms with Crippen LogP contribution in [0.3, 0.4) is 0 Å². The van der Waals surface area contributed by atoms with Crippen LogP contribution in [0, 0.1) is 0 Å². The fourth-order valence-electron chi connectivity index (χ4n) is 2.20. The lowest BCUT2D eigenvalue weighted by atomic mass is 10.2. The Kier molecular flexibility index (Phi) is 6.58. The third-order valence-corrected chi connectivity index (χ3v) is 5.54. The van der Waals surface area contributed by atoms with Gasteiger partial charge in [0.15, 0.2) is 0 Å².